The van der Waals surface area contributed by atoms with Crippen LogP contribution in [0.4, 0.5) is 5.82 Å². The van der Waals surface area contributed by atoms with Gasteiger partial charge in [-0.15, -0.1) is 0 Å². The maximum atomic E-state index is 4.06. The molecule has 11 heavy (non-hydrogen) atoms. The van der Waals surface area contributed by atoms with Crippen molar-refractivity contribution in [3.05, 3.63) is 24.4 Å². The van der Waals surface area contributed by atoms with E-state index in [-0.39, 0.29) is 0 Å². The Bertz CT molecular complexity index is 175. The van der Waals surface area contributed by atoms with E-state index in [9.17, 15) is 0 Å². The number of thiol groups is 1. The Morgan fingerprint density at radius 1 is 1.36 bits per heavy atom. The molecule has 0 aliphatic rings. The van der Waals surface area contributed by atoms with Gasteiger partial charge in [-0.3, -0.25) is 0 Å². The highest BCUT2D eigenvalue weighted by Crippen LogP contribution is 2.06. The lowest BCUT2D eigenvalue weighted by Gasteiger charge is -2.06. The summed E-state index contributed by atoms with van der Waals surface area (Å²) < 4.78 is 1.67. The fraction of sp³-hybridized carbons (Fsp3) is 0.375. The summed E-state index contributed by atoms with van der Waals surface area (Å²) in [6.07, 6.45) is 1.74. The smallest absolute Gasteiger partial charge is 0.137 e. The van der Waals surface area contributed by atoms with Gasteiger partial charge in [0, 0.05) is 13.2 Å². The lowest BCUT2D eigenvalue weighted by Crippen LogP contribution is -2.01. The third-order valence-electron chi connectivity index (χ3n) is 0.981. The van der Waals surface area contributed by atoms with Crippen LogP contribution in [0.15, 0.2) is 24.4 Å². The molecule has 0 aromatic carbocycles. The molecule has 0 bridgehead atoms. The number of pyridine rings is 1. The Morgan fingerprint density at radius 3 is 2.27 bits per heavy atom. The van der Waals surface area contributed by atoms with Gasteiger partial charge in [-0.2, -0.15) is 0 Å². The molecule has 0 atom stereocenters. The Labute approximate surface area is 73.8 Å². The van der Waals surface area contributed by atoms with Gasteiger partial charge in [-0.1, -0.05) is 32.7 Å². The summed E-state index contributed by atoms with van der Waals surface area (Å²) in [6, 6.07) is 5.70. The van der Waals surface area contributed by atoms with E-state index in [1.54, 1.807) is 10.5 Å². The summed E-state index contributed by atoms with van der Waals surface area (Å²) in [4.78, 5) is 4.03. The fourth-order valence-electron chi connectivity index (χ4n) is 0.545. The molecule has 62 valence electrons. The highest BCUT2D eigenvalue weighted by Gasteiger charge is 1.90. The summed E-state index contributed by atoms with van der Waals surface area (Å²) in [7, 11) is 1.84. The van der Waals surface area contributed by atoms with Crippen LogP contribution in [0.3, 0.4) is 0 Å². The zero-order chi connectivity index (χ0) is 8.69. The number of nitrogens with zero attached hydrogens (tertiary/aromatic N) is 2. The average molecular weight is 170 g/mol. The lowest BCUT2D eigenvalue weighted by atomic mass is 10.5. The molecule has 0 aliphatic heterocycles. The van der Waals surface area contributed by atoms with E-state index in [1.165, 1.54) is 0 Å². The van der Waals surface area contributed by atoms with Gasteiger partial charge in [0.25, 0.3) is 0 Å². The van der Waals surface area contributed by atoms with Gasteiger partial charge in [0.15, 0.2) is 0 Å². The van der Waals surface area contributed by atoms with E-state index in [0.717, 1.165) is 5.82 Å². The summed E-state index contributed by atoms with van der Waals surface area (Å²) in [5, 5.41) is 0. The minimum atomic E-state index is 0.862. The number of rotatable bonds is 1. The molecule has 0 radical (unpaired) electrons. The van der Waals surface area contributed by atoms with Crippen LogP contribution in [0.5, 0.6) is 0 Å². The molecule has 0 unspecified atom stereocenters. The molecule has 0 N–H and O–H groups in total. The van der Waals surface area contributed by atoms with Crippen LogP contribution < -0.4 is 4.31 Å². The maximum absolute atomic E-state index is 4.06. The van der Waals surface area contributed by atoms with E-state index in [0.29, 0.717) is 0 Å². The Kier molecular flexibility index (Phi) is 5.65. The minimum Gasteiger partial charge on any atom is -0.306 e. The summed E-state index contributed by atoms with van der Waals surface area (Å²) in [5.74, 6) is 0.862. The fourth-order valence-corrected chi connectivity index (χ4v) is 0.663. The summed E-state index contributed by atoms with van der Waals surface area (Å²) in [5.41, 5.74) is 0. The van der Waals surface area contributed by atoms with Crippen molar-refractivity contribution in [1.82, 2.24) is 4.98 Å². The lowest BCUT2D eigenvalue weighted by molar-refractivity contribution is 1.22. The third-order valence-corrected chi connectivity index (χ3v) is 1.19. The van der Waals surface area contributed by atoms with E-state index >= 15 is 0 Å². The quantitative estimate of drug-likeness (QED) is 0.651. The predicted molar refractivity (Wildman–Crippen MR) is 53.0 cm³/mol. The molecule has 0 saturated heterocycles. The first-order valence-corrected chi connectivity index (χ1v) is 4.04. The van der Waals surface area contributed by atoms with Crippen molar-refractivity contribution < 1.29 is 0 Å². The zero-order valence-corrected chi connectivity index (χ0v) is 8.05. The van der Waals surface area contributed by atoms with Crippen molar-refractivity contribution in [1.29, 1.82) is 0 Å². The van der Waals surface area contributed by atoms with Gasteiger partial charge in [0.05, 0.1) is 0 Å². The van der Waals surface area contributed by atoms with Gasteiger partial charge in [0.2, 0.25) is 0 Å². The molecule has 2 nitrogen and oxygen atoms in total. The molecule has 1 rings (SSSR count). The molecular formula is C8H14N2S. The van der Waals surface area contributed by atoms with Crippen LogP contribution in [0.1, 0.15) is 13.8 Å². The van der Waals surface area contributed by atoms with E-state index in [1.807, 2.05) is 39.1 Å². The van der Waals surface area contributed by atoms with Crippen LogP contribution in [-0.4, -0.2) is 12.0 Å². The number of aromatic nitrogens is 1. The highest BCUT2D eigenvalue weighted by molar-refractivity contribution is 7.81. The highest BCUT2D eigenvalue weighted by atomic mass is 32.1. The van der Waals surface area contributed by atoms with E-state index in [4.69, 9.17) is 0 Å². The second kappa shape index (κ2) is 6.04. The van der Waals surface area contributed by atoms with Crippen molar-refractivity contribution in [2.75, 3.05) is 11.4 Å². The monoisotopic (exact) mass is 170 g/mol. The topological polar surface area (TPSA) is 16.1 Å². The molecule has 0 fully saturated rings. The van der Waals surface area contributed by atoms with E-state index in [2.05, 4.69) is 17.8 Å². The SMILES string of the molecule is CC.CN(S)c1ccccn1. The van der Waals surface area contributed by atoms with Crippen molar-refractivity contribution in [2.24, 2.45) is 0 Å². The molecule has 1 aromatic heterocycles. The Morgan fingerprint density at radius 2 is 2.00 bits per heavy atom. The van der Waals surface area contributed by atoms with Crippen LogP contribution in [-0.2, 0) is 0 Å². The van der Waals surface area contributed by atoms with Crippen molar-refractivity contribution in [3.63, 3.8) is 0 Å². The molecular weight excluding hydrogens is 156 g/mol. The van der Waals surface area contributed by atoms with E-state index < -0.39 is 0 Å². The van der Waals surface area contributed by atoms with Crippen LogP contribution in [0.25, 0.3) is 0 Å². The van der Waals surface area contributed by atoms with Crippen molar-refractivity contribution in [3.8, 4) is 0 Å². The van der Waals surface area contributed by atoms with Crippen molar-refractivity contribution in [2.45, 2.75) is 13.8 Å². The second-order valence-electron chi connectivity index (χ2n) is 1.71. The van der Waals surface area contributed by atoms with Crippen LogP contribution >= 0.6 is 12.8 Å². The predicted octanol–water partition coefficient (Wildman–Crippen LogP) is 2.39. The van der Waals surface area contributed by atoms with Crippen LogP contribution in [0, 0.1) is 0 Å². The Balaban J connectivity index is 0.000000461. The maximum Gasteiger partial charge on any atom is 0.137 e. The van der Waals surface area contributed by atoms with Gasteiger partial charge < -0.3 is 4.31 Å². The molecule has 0 aliphatic carbocycles. The molecule has 1 heterocycles. The largest absolute Gasteiger partial charge is 0.306 e. The number of anilines is 1. The van der Waals surface area contributed by atoms with Crippen molar-refractivity contribution >= 4 is 18.6 Å². The first kappa shape index (κ1) is 10.3. The van der Waals surface area contributed by atoms with Gasteiger partial charge >= 0.3 is 0 Å². The van der Waals surface area contributed by atoms with Crippen LogP contribution in [0.2, 0.25) is 0 Å². The van der Waals surface area contributed by atoms with Gasteiger partial charge in [0.1, 0.15) is 5.82 Å². The second-order valence-corrected chi connectivity index (χ2v) is 2.31. The summed E-state index contributed by atoms with van der Waals surface area (Å²) in [6.45, 7) is 4.00. The normalized spacial score (nSPS) is 8.00. The van der Waals surface area contributed by atoms with Gasteiger partial charge in [-0.25, -0.2) is 4.98 Å². The van der Waals surface area contributed by atoms with Gasteiger partial charge in [-0.05, 0) is 12.1 Å². The Hall–Kier alpha value is -0.700. The molecule has 0 saturated carbocycles. The first-order valence-electron chi connectivity index (χ1n) is 3.64. The summed E-state index contributed by atoms with van der Waals surface area (Å²) >= 11 is 4.06. The molecule has 0 amide bonds. The number of hydrogen-bond acceptors (Lipinski definition) is 3. The standard InChI is InChI=1S/C6H8N2S.C2H6/c1-8(9)6-4-2-3-5-7-6;1-2/h2-5,9H,1H3;1-2H3. The third kappa shape index (κ3) is 3.88. The zero-order valence-electron chi connectivity index (χ0n) is 7.15. The molecule has 3 heteroatoms. The molecule has 0 spiro atoms. The average Bonchev–Trinajstić information content (AvgIpc) is 2.10. The first-order chi connectivity index (χ1) is 5.30. The number of hydrogen-bond donors (Lipinski definition) is 1. The minimum absolute atomic E-state index is 0.862. The molecule has 1 aromatic rings.